The van der Waals surface area contributed by atoms with Crippen molar-refractivity contribution in [3.8, 4) is 0 Å². The van der Waals surface area contributed by atoms with Gasteiger partial charge in [-0.15, -0.1) is 0 Å². The summed E-state index contributed by atoms with van der Waals surface area (Å²) in [6.07, 6.45) is 8.65. The van der Waals surface area contributed by atoms with E-state index < -0.39 is 0 Å². The first-order valence-electron chi connectivity index (χ1n) is 9.31. The number of hydrogen-bond donors (Lipinski definition) is 0. The molecular weight excluding hydrogens is 308 g/mol. The summed E-state index contributed by atoms with van der Waals surface area (Å²) >= 11 is 0. The quantitative estimate of drug-likeness (QED) is 0.455. The van der Waals surface area contributed by atoms with Crippen molar-refractivity contribution in [1.29, 1.82) is 0 Å². The highest BCUT2D eigenvalue weighted by Gasteiger charge is 2.35. The molecule has 0 aromatic heterocycles. The normalized spacial score (nSPS) is 21.2. The van der Waals surface area contributed by atoms with Crippen LogP contribution in [-0.2, 0) is 4.74 Å². The van der Waals surface area contributed by atoms with Crippen molar-refractivity contribution in [3.05, 3.63) is 59.7 Å². The summed E-state index contributed by atoms with van der Waals surface area (Å²) in [4.78, 5) is 12.4. The number of ether oxygens (including phenoxy) is 1. The lowest BCUT2D eigenvalue weighted by molar-refractivity contribution is 0.00309. The summed E-state index contributed by atoms with van der Waals surface area (Å²) < 4.78 is 5.84. The van der Waals surface area contributed by atoms with Gasteiger partial charge >= 0.3 is 5.97 Å². The molecule has 2 atom stereocenters. The summed E-state index contributed by atoms with van der Waals surface area (Å²) in [7, 11) is 0. The molecule has 0 saturated carbocycles. The molecule has 2 heteroatoms. The van der Waals surface area contributed by atoms with Crippen LogP contribution >= 0.6 is 0 Å². The highest BCUT2D eigenvalue weighted by molar-refractivity contribution is 5.89. The Morgan fingerprint density at radius 2 is 1.96 bits per heavy atom. The van der Waals surface area contributed by atoms with Crippen LogP contribution in [0.15, 0.2) is 54.1 Å². The maximum atomic E-state index is 12.4. The second kappa shape index (κ2) is 7.59. The van der Waals surface area contributed by atoms with Crippen molar-refractivity contribution in [1.82, 2.24) is 0 Å². The third-order valence-corrected chi connectivity index (χ3v) is 5.84. The van der Waals surface area contributed by atoms with Crippen LogP contribution in [0.1, 0.15) is 64.7 Å². The Morgan fingerprint density at radius 1 is 1.32 bits per heavy atom. The molecule has 2 rings (SSSR count). The number of esters is 1. The summed E-state index contributed by atoms with van der Waals surface area (Å²) in [6, 6.07) is 9.22. The number of hydrogen-bond acceptors (Lipinski definition) is 2. The number of carbonyl (C=O) groups is 1. The number of benzene rings is 1. The van der Waals surface area contributed by atoms with Gasteiger partial charge in [-0.3, -0.25) is 0 Å². The fourth-order valence-electron chi connectivity index (χ4n) is 3.48. The Labute approximate surface area is 153 Å². The lowest BCUT2D eigenvalue weighted by Gasteiger charge is -2.32. The maximum absolute atomic E-state index is 12.4. The van der Waals surface area contributed by atoms with E-state index in [0.717, 1.165) is 12.8 Å². The molecule has 0 unspecified atom stereocenters. The monoisotopic (exact) mass is 340 g/mol. The molecule has 1 aliphatic rings. The van der Waals surface area contributed by atoms with Gasteiger partial charge in [-0.25, -0.2) is 4.79 Å². The van der Waals surface area contributed by atoms with Gasteiger partial charge in [0, 0.05) is 5.41 Å². The van der Waals surface area contributed by atoms with Crippen molar-refractivity contribution >= 4 is 5.97 Å². The molecule has 25 heavy (non-hydrogen) atoms. The third kappa shape index (κ3) is 4.42. The van der Waals surface area contributed by atoms with E-state index in [2.05, 4.69) is 59.8 Å². The number of carbonyl (C=O) groups excluding carboxylic acids is 1. The Bertz CT molecular complexity index is 650. The van der Waals surface area contributed by atoms with Crippen molar-refractivity contribution in [2.24, 2.45) is 16.7 Å². The molecule has 2 nitrogen and oxygen atoms in total. The highest BCUT2D eigenvalue weighted by atomic mass is 16.5. The Morgan fingerprint density at radius 3 is 2.48 bits per heavy atom. The maximum Gasteiger partial charge on any atom is 0.338 e. The van der Waals surface area contributed by atoms with Gasteiger partial charge in [0.25, 0.3) is 0 Å². The fourth-order valence-corrected chi connectivity index (χ4v) is 3.48. The minimum atomic E-state index is -0.243. The van der Waals surface area contributed by atoms with E-state index in [9.17, 15) is 4.79 Å². The molecule has 1 aromatic rings. The first kappa shape index (κ1) is 19.5. The number of allylic oxidation sites excluding steroid dienone is 3. The van der Waals surface area contributed by atoms with E-state index in [1.165, 1.54) is 5.57 Å². The molecule has 0 radical (unpaired) electrons. The van der Waals surface area contributed by atoms with Gasteiger partial charge in [-0.05, 0) is 43.2 Å². The fraction of sp³-hybridized carbons (Fsp3) is 0.522. The molecule has 1 aromatic carbocycles. The third-order valence-electron chi connectivity index (χ3n) is 5.84. The van der Waals surface area contributed by atoms with Gasteiger partial charge in [0.1, 0.15) is 6.10 Å². The molecule has 0 saturated heterocycles. The molecule has 1 aliphatic carbocycles. The van der Waals surface area contributed by atoms with Gasteiger partial charge in [0.05, 0.1) is 5.56 Å². The van der Waals surface area contributed by atoms with Gasteiger partial charge in [0.2, 0.25) is 0 Å². The lowest BCUT2D eigenvalue weighted by atomic mass is 9.75. The predicted octanol–water partition coefficient (Wildman–Crippen LogP) is 6.20. The van der Waals surface area contributed by atoms with E-state index in [0.29, 0.717) is 11.5 Å². The van der Waals surface area contributed by atoms with Crippen LogP contribution in [0.5, 0.6) is 0 Å². The Kier molecular flexibility index (Phi) is 5.92. The van der Waals surface area contributed by atoms with Crippen molar-refractivity contribution in [2.75, 3.05) is 0 Å². The molecule has 0 spiro atoms. The van der Waals surface area contributed by atoms with E-state index in [4.69, 9.17) is 4.74 Å². The predicted molar refractivity (Wildman–Crippen MR) is 105 cm³/mol. The standard InChI is InChI=1S/C23H32O2/c1-7-20(25-21(24)18-11-9-8-10-12-18)22(3,4)16-15-19-14-13-17(2)23(19,5)6/h8-13,15-16,19-20H,7,14H2,1-6H3/b16-15+/t19-,20+/m1/s1. The van der Waals surface area contributed by atoms with E-state index in [1.54, 1.807) is 12.1 Å². The van der Waals surface area contributed by atoms with Crippen LogP contribution in [0.3, 0.4) is 0 Å². The smallest absolute Gasteiger partial charge is 0.338 e. The lowest BCUT2D eigenvalue weighted by Crippen LogP contribution is -2.32. The molecule has 0 amide bonds. The van der Waals surface area contributed by atoms with Crippen LogP contribution in [0, 0.1) is 16.7 Å². The minimum Gasteiger partial charge on any atom is -0.458 e. The summed E-state index contributed by atoms with van der Waals surface area (Å²) in [5, 5.41) is 0. The molecule has 0 bridgehead atoms. The average molecular weight is 341 g/mol. The second-order valence-corrected chi connectivity index (χ2v) is 8.30. The van der Waals surface area contributed by atoms with Gasteiger partial charge in [-0.1, -0.05) is 76.6 Å². The van der Waals surface area contributed by atoms with Crippen LogP contribution in [-0.4, -0.2) is 12.1 Å². The van der Waals surface area contributed by atoms with E-state index >= 15 is 0 Å². The van der Waals surface area contributed by atoms with Crippen LogP contribution in [0.4, 0.5) is 0 Å². The van der Waals surface area contributed by atoms with Gasteiger partial charge < -0.3 is 4.74 Å². The van der Waals surface area contributed by atoms with Gasteiger partial charge in [-0.2, -0.15) is 0 Å². The average Bonchev–Trinajstić information content (AvgIpc) is 2.84. The molecule has 0 N–H and O–H groups in total. The molecular formula is C23H32O2. The topological polar surface area (TPSA) is 26.3 Å². The van der Waals surface area contributed by atoms with E-state index in [-0.39, 0.29) is 22.9 Å². The number of rotatable bonds is 6. The van der Waals surface area contributed by atoms with Crippen LogP contribution in [0.25, 0.3) is 0 Å². The first-order chi connectivity index (χ1) is 11.7. The molecule has 0 aliphatic heterocycles. The van der Waals surface area contributed by atoms with Crippen LogP contribution < -0.4 is 0 Å². The van der Waals surface area contributed by atoms with Crippen molar-refractivity contribution in [2.45, 2.75) is 60.5 Å². The summed E-state index contributed by atoms with van der Waals surface area (Å²) in [5.41, 5.74) is 2.07. The molecule has 136 valence electrons. The van der Waals surface area contributed by atoms with E-state index in [1.807, 2.05) is 18.2 Å². The zero-order chi connectivity index (χ0) is 18.7. The van der Waals surface area contributed by atoms with Gasteiger partial charge in [0.15, 0.2) is 0 Å². The second-order valence-electron chi connectivity index (χ2n) is 8.30. The summed E-state index contributed by atoms with van der Waals surface area (Å²) in [6.45, 7) is 13.2. The first-order valence-corrected chi connectivity index (χ1v) is 9.31. The van der Waals surface area contributed by atoms with Crippen LogP contribution in [0.2, 0.25) is 0 Å². The summed E-state index contributed by atoms with van der Waals surface area (Å²) in [5.74, 6) is 0.265. The largest absolute Gasteiger partial charge is 0.458 e. The van der Waals surface area contributed by atoms with Crippen molar-refractivity contribution in [3.63, 3.8) is 0 Å². The SMILES string of the molecule is CC[C@H](OC(=O)c1ccccc1)C(C)(C)/C=C/[C@H]1CC=C(C)C1(C)C. The molecule has 0 heterocycles. The Balaban J connectivity index is 2.08. The zero-order valence-corrected chi connectivity index (χ0v) is 16.5. The van der Waals surface area contributed by atoms with Crippen molar-refractivity contribution < 1.29 is 9.53 Å². The zero-order valence-electron chi connectivity index (χ0n) is 16.5. The highest BCUT2D eigenvalue weighted by Crippen LogP contribution is 2.44. The Hall–Kier alpha value is -1.83. The minimum absolute atomic E-state index is 0.143. The molecule has 0 fully saturated rings.